The molecule has 0 aliphatic rings. The Morgan fingerprint density at radius 2 is 2.04 bits per heavy atom. The van der Waals surface area contributed by atoms with Crippen LogP contribution in [-0.4, -0.2) is 10.9 Å². The van der Waals surface area contributed by atoms with Gasteiger partial charge in [0.15, 0.2) is 22.4 Å². The maximum atomic E-state index is 12.3. The van der Waals surface area contributed by atoms with Gasteiger partial charge in [-0.15, -0.1) is 0 Å². The molecule has 3 aromatic heterocycles. The van der Waals surface area contributed by atoms with Crippen molar-refractivity contribution in [2.24, 2.45) is 0 Å². The average Bonchev–Trinajstić information content (AvgIpc) is 3.27. The van der Waals surface area contributed by atoms with E-state index >= 15 is 0 Å². The highest BCUT2D eigenvalue weighted by atomic mass is 32.1. The van der Waals surface area contributed by atoms with Crippen LogP contribution in [0.2, 0.25) is 0 Å². The summed E-state index contributed by atoms with van der Waals surface area (Å²) < 4.78 is 11.8. The van der Waals surface area contributed by atoms with Crippen molar-refractivity contribution in [3.8, 4) is 11.5 Å². The van der Waals surface area contributed by atoms with E-state index in [1.165, 1.54) is 11.3 Å². The van der Waals surface area contributed by atoms with E-state index in [1.807, 2.05) is 25.1 Å². The molecule has 0 bridgehead atoms. The van der Waals surface area contributed by atoms with E-state index in [0.717, 1.165) is 15.8 Å². The molecule has 4 rings (SSSR count). The van der Waals surface area contributed by atoms with Crippen LogP contribution in [0, 0.1) is 6.92 Å². The van der Waals surface area contributed by atoms with Gasteiger partial charge in [-0.2, -0.15) is 0 Å². The molecule has 1 N–H and O–H groups in total. The molecule has 114 valence electrons. The minimum absolute atomic E-state index is 0.215. The third-order valence-corrected chi connectivity index (χ3v) is 4.37. The summed E-state index contributed by atoms with van der Waals surface area (Å²) >= 11 is 1.44. The maximum Gasteiger partial charge on any atom is 0.293 e. The predicted octanol–water partition coefficient (Wildman–Crippen LogP) is 4.71. The van der Waals surface area contributed by atoms with Gasteiger partial charge in [0, 0.05) is 0 Å². The van der Waals surface area contributed by atoms with Gasteiger partial charge in [0.05, 0.1) is 16.5 Å². The molecule has 0 spiro atoms. The van der Waals surface area contributed by atoms with Gasteiger partial charge in [-0.1, -0.05) is 23.5 Å². The Hall–Kier alpha value is -2.86. The lowest BCUT2D eigenvalue weighted by molar-refractivity contribution is 0.0997. The minimum Gasteiger partial charge on any atom is -0.461 e. The van der Waals surface area contributed by atoms with Crippen molar-refractivity contribution in [2.75, 3.05) is 5.32 Å². The number of para-hydroxylation sites is 1. The molecule has 0 aliphatic carbocycles. The quantitative estimate of drug-likeness (QED) is 0.592. The molecule has 23 heavy (non-hydrogen) atoms. The summed E-state index contributed by atoms with van der Waals surface area (Å²) in [6.07, 6.45) is 1.56. The lowest BCUT2D eigenvalue weighted by Crippen LogP contribution is -2.10. The second-order valence-corrected chi connectivity index (χ2v) is 6.07. The van der Waals surface area contributed by atoms with Crippen LogP contribution in [0.1, 0.15) is 16.1 Å². The lowest BCUT2D eigenvalue weighted by atomic mass is 10.2. The number of fused-ring (bicyclic) bond motifs is 1. The minimum atomic E-state index is -0.334. The molecule has 6 heteroatoms. The number of anilines is 1. The van der Waals surface area contributed by atoms with Crippen molar-refractivity contribution in [2.45, 2.75) is 6.92 Å². The van der Waals surface area contributed by atoms with Gasteiger partial charge < -0.3 is 8.83 Å². The summed E-state index contributed by atoms with van der Waals surface area (Å²) in [5, 5.41) is 3.33. The number of hydrogen-bond acceptors (Lipinski definition) is 5. The van der Waals surface area contributed by atoms with Crippen LogP contribution in [0.5, 0.6) is 0 Å². The zero-order valence-electron chi connectivity index (χ0n) is 12.2. The number of hydrogen-bond donors (Lipinski definition) is 1. The van der Waals surface area contributed by atoms with E-state index in [2.05, 4.69) is 10.3 Å². The fraction of sp³-hybridized carbons (Fsp3) is 0.0588. The van der Waals surface area contributed by atoms with Crippen LogP contribution in [0.15, 0.2) is 57.6 Å². The van der Waals surface area contributed by atoms with Gasteiger partial charge in [0.1, 0.15) is 0 Å². The molecule has 0 aliphatic heterocycles. The Morgan fingerprint density at radius 1 is 1.13 bits per heavy atom. The van der Waals surface area contributed by atoms with Gasteiger partial charge in [0.25, 0.3) is 5.91 Å². The van der Waals surface area contributed by atoms with Crippen LogP contribution in [-0.2, 0) is 0 Å². The molecule has 0 radical (unpaired) electrons. The van der Waals surface area contributed by atoms with E-state index < -0.39 is 0 Å². The molecule has 0 saturated carbocycles. The number of rotatable bonds is 3. The predicted molar refractivity (Wildman–Crippen MR) is 88.7 cm³/mol. The number of aryl methyl sites for hydroxylation is 1. The molecule has 3 heterocycles. The average molecular weight is 324 g/mol. The Kier molecular flexibility index (Phi) is 3.24. The molecule has 5 nitrogen and oxygen atoms in total. The Morgan fingerprint density at radius 3 is 2.83 bits per heavy atom. The summed E-state index contributed by atoms with van der Waals surface area (Å²) in [5.41, 5.74) is 1.99. The molecular weight excluding hydrogens is 312 g/mol. The number of nitrogens with zero attached hydrogens (tertiary/aromatic N) is 1. The molecule has 0 fully saturated rings. The van der Waals surface area contributed by atoms with Crippen molar-refractivity contribution >= 4 is 32.6 Å². The first-order valence-electron chi connectivity index (χ1n) is 7.02. The largest absolute Gasteiger partial charge is 0.461 e. The number of thiazole rings is 1. The zero-order valence-corrected chi connectivity index (χ0v) is 13.0. The summed E-state index contributed by atoms with van der Waals surface area (Å²) in [6, 6.07) is 12.8. The summed E-state index contributed by atoms with van der Waals surface area (Å²) in [6.45, 7) is 2.00. The van der Waals surface area contributed by atoms with Crippen LogP contribution < -0.4 is 5.32 Å². The first-order chi connectivity index (χ1) is 11.2. The number of carbonyl (C=O) groups is 1. The van der Waals surface area contributed by atoms with Crippen molar-refractivity contribution < 1.29 is 13.6 Å². The molecule has 4 aromatic rings. The fourth-order valence-corrected chi connectivity index (χ4v) is 3.25. The summed E-state index contributed by atoms with van der Waals surface area (Å²) in [5.74, 6) is 0.979. The number of benzene rings is 1. The van der Waals surface area contributed by atoms with Gasteiger partial charge in [-0.25, -0.2) is 4.98 Å². The molecule has 0 unspecified atom stereocenters. The number of furan rings is 2. The van der Waals surface area contributed by atoms with Gasteiger partial charge >= 0.3 is 0 Å². The molecule has 1 aromatic carbocycles. The highest BCUT2D eigenvalue weighted by molar-refractivity contribution is 7.22. The van der Waals surface area contributed by atoms with E-state index in [0.29, 0.717) is 16.7 Å². The standard InChI is InChI=1S/C17H12N2O3S/c1-10-4-2-6-14-15(10)18-17(23-14)19-16(20)13-8-7-12(22-13)11-5-3-9-21-11/h2-9H,1H3,(H,18,19,20). The smallest absolute Gasteiger partial charge is 0.293 e. The fourth-order valence-electron chi connectivity index (χ4n) is 2.31. The van der Waals surface area contributed by atoms with E-state index in [1.54, 1.807) is 30.5 Å². The molecule has 0 atom stereocenters. The number of nitrogens with one attached hydrogen (secondary N) is 1. The second-order valence-electron chi connectivity index (χ2n) is 5.04. The van der Waals surface area contributed by atoms with Crippen molar-refractivity contribution in [1.82, 2.24) is 4.98 Å². The topological polar surface area (TPSA) is 68.3 Å². The van der Waals surface area contributed by atoms with E-state index in [9.17, 15) is 4.79 Å². The monoisotopic (exact) mass is 324 g/mol. The number of amides is 1. The van der Waals surface area contributed by atoms with Crippen molar-refractivity contribution in [3.05, 3.63) is 60.1 Å². The van der Waals surface area contributed by atoms with Crippen LogP contribution in [0.3, 0.4) is 0 Å². The van der Waals surface area contributed by atoms with Gasteiger partial charge in [0.2, 0.25) is 0 Å². The first-order valence-corrected chi connectivity index (χ1v) is 7.83. The van der Waals surface area contributed by atoms with Gasteiger partial charge in [-0.05, 0) is 42.8 Å². The maximum absolute atomic E-state index is 12.3. The van der Waals surface area contributed by atoms with Crippen LogP contribution in [0.4, 0.5) is 5.13 Å². The zero-order chi connectivity index (χ0) is 15.8. The normalized spacial score (nSPS) is 11.0. The SMILES string of the molecule is Cc1cccc2sc(NC(=O)c3ccc(-c4ccco4)o3)nc12. The highest BCUT2D eigenvalue weighted by Gasteiger charge is 2.15. The summed E-state index contributed by atoms with van der Waals surface area (Å²) in [4.78, 5) is 16.8. The summed E-state index contributed by atoms with van der Waals surface area (Å²) in [7, 11) is 0. The Balaban J connectivity index is 1.58. The van der Waals surface area contributed by atoms with Crippen molar-refractivity contribution in [3.63, 3.8) is 0 Å². The molecule has 1 amide bonds. The number of carbonyl (C=O) groups excluding carboxylic acids is 1. The molecule has 0 saturated heterocycles. The third-order valence-electron chi connectivity index (χ3n) is 3.43. The first kappa shape index (κ1) is 13.8. The number of aromatic nitrogens is 1. The highest BCUT2D eigenvalue weighted by Crippen LogP contribution is 2.29. The van der Waals surface area contributed by atoms with Crippen LogP contribution in [0.25, 0.3) is 21.7 Å². The van der Waals surface area contributed by atoms with Crippen molar-refractivity contribution in [1.29, 1.82) is 0 Å². The third kappa shape index (κ3) is 2.53. The molecular formula is C17H12N2O3S. The second kappa shape index (κ2) is 5.40. The van der Waals surface area contributed by atoms with E-state index in [-0.39, 0.29) is 11.7 Å². The van der Waals surface area contributed by atoms with E-state index in [4.69, 9.17) is 8.83 Å². The lowest BCUT2D eigenvalue weighted by Gasteiger charge is -1.97. The Labute approximate surface area is 135 Å². The van der Waals surface area contributed by atoms with Gasteiger partial charge in [-0.3, -0.25) is 10.1 Å². The van der Waals surface area contributed by atoms with Crippen LogP contribution >= 0.6 is 11.3 Å². The Bertz CT molecular complexity index is 983.